The van der Waals surface area contributed by atoms with Crippen LogP contribution in [0.3, 0.4) is 0 Å². The maximum Gasteiger partial charge on any atom is 0.248 e. The summed E-state index contributed by atoms with van der Waals surface area (Å²) < 4.78 is 0. The molecule has 1 amide bonds. The Kier molecular flexibility index (Phi) is 8.71. The van der Waals surface area contributed by atoms with Crippen LogP contribution in [0.5, 0.6) is 5.75 Å². The van der Waals surface area contributed by atoms with Crippen LogP contribution in [0.1, 0.15) is 53.9 Å². The van der Waals surface area contributed by atoms with E-state index in [-0.39, 0.29) is 17.1 Å². The molecular formula is C36H39NO2. The summed E-state index contributed by atoms with van der Waals surface area (Å²) in [6.45, 7) is 10.9. The summed E-state index contributed by atoms with van der Waals surface area (Å²) in [7, 11) is 0. The molecule has 2 N–H and O–H groups in total. The third kappa shape index (κ3) is 6.86. The van der Waals surface area contributed by atoms with Crippen LogP contribution in [0.15, 0.2) is 119 Å². The van der Waals surface area contributed by atoms with E-state index >= 15 is 0 Å². The first-order chi connectivity index (χ1) is 18.7. The van der Waals surface area contributed by atoms with E-state index in [9.17, 15) is 9.90 Å². The predicted molar refractivity (Wildman–Crippen MR) is 166 cm³/mol. The van der Waals surface area contributed by atoms with Gasteiger partial charge < -0.3 is 10.4 Å². The normalized spacial score (nSPS) is 16.4. The SMILES string of the molecule is CC(C=CC1=C(C)CCCC1(C)C)=CC=CC(C)=CC(=O)Nc1cccc(O)c1-c1cccc2ccccc12. The molecule has 0 heterocycles. The van der Waals surface area contributed by atoms with Crippen molar-refractivity contribution in [3.05, 3.63) is 119 Å². The van der Waals surface area contributed by atoms with E-state index in [0.717, 1.165) is 27.5 Å². The van der Waals surface area contributed by atoms with Crippen molar-refractivity contribution in [3.63, 3.8) is 0 Å². The van der Waals surface area contributed by atoms with Gasteiger partial charge in [0.2, 0.25) is 5.91 Å². The van der Waals surface area contributed by atoms with Crippen LogP contribution in [-0.4, -0.2) is 11.0 Å². The highest BCUT2D eigenvalue weighted by Gasteiger charge is 2.26. The van der Waals surface area contributed by atoms with Gasteiger partial charge in [-0.1, -0.05) is 104 Å². The zero-order valence-electron chi connectivity index (χ0n) is 23.7. The number of phenols is 1. The molecule has 0 fully saturated rings. The topological polar surface area (TPSA) is 49.3 Å². The van der Waals surface area contributed by atoms with E-state index in [1.54, 1.807) is 18.2 Å². The van der Waals surface area contributed by atoms with E-state index in [1.807, 2.05) is 67.6 Å². The Bertz CT molecular complexity index is 1520. The smallest absolute Gasteiger partial charge is 0.248 e. The maximum absolute atomic E-state index is 12.9. The zero-order chi connectivity index (χ0) is 28.0. The van der Waals surface area contributed by atoms with Crippen LogP contribution < -0.4 is 5.32 Å². The van der Waals surface area contributed by atoms with E-state index in [2.05, 4.69) is 51.2 Å². The van der Waals surface area contributed by atoms with Crippen molar-refractivity contribution in [2.45, 2.75) is 53.9 Å². The molecule has 3 nitrogen and oxygen atoms in total. The number of allylic oxidation sites excluding steroid dienone is 9. The molecule has 200 valence electrons. The molecule has 4 rings (SSSR count). The minimum absolute atomic E-state index is 0.126. The number of hydrogen-bond acceptors (Lipinski definition) is 2. The molecule has 0 bridgehead atoms. The van der Waals surface area contributed by atoms with Gasteiger partial charge in [0, 0.05) is 11.6 Å². The van der Waals surface area contributed by atoms with Crippen molar-refractivity contribution in [1.82, 2.24) is 0 Å². The van der Waals surface area contributed by atoms with Crippen molar-refractivity contribution in [1.29, 1.82) is 0 Å². The fourth-order valence-electron chi connectivity index (χ4n) is 5.43. The molecule has 0 radical (unpaired) electrons. The third-order valence-corrected chi connectivity index (χ3v) is 7.49. The first kappa shape index (κ1) is 27.9. The minimum Gasteiger partial charge on any atom is -0.507 e. The number of amides is 1. The molecule has 0 aliphatic heterocycles. The standard InChI is InChI=1S/C36H39NO2/c1-25(21-22-31-27(3)14-11-23-36(31,4)5)12-8-13-26(2)24-34(39)37-32-19-10-20-33(38)35(32)30-18-9-16-28-15-6-7-17-29(28)30/h6-10,12-13,15-22,24,38H,11,14,23H2,1-5H3,(H,37,39). The van der Waals surface area contributed by atoms with E-state index in [1.165, 1.54) is 30.4 Å². The van der Waals surface area contributed by atoms with Crippen molar-refractivity contribution >= 4 is 22.4 Å². The molecule has 0 saturated heterocycles. The Morgan fingerprint density at radius 3 is 2.49 bits per heavy atom. The fourth-order valence-corrected chi connectivity index (χ4v) is 5.43. The Labute approximate surface area is 233 Å². The van der Waals surface area contributed by atoms with E-state index in [0.29, 0.717) is 11.3 Å². The molecule has 0 aromatic heterocycles. The van der Waals surface area contributed by atoms with Gasteiger partial charge in [0.1, 0.15) is 5.75 Å². The summed E-state index contributed by atoms with van der Waals surface area (Å²) >= 11 is 0. The van der Waals surface area contributed by atoms with Gasteiger partial charge in [-0.25, -0.2) is 0 Å². The highest BCUT2D eigenvalue weighted by Crippen LogP contribution is 2.41. The summed E-state index contributed by atoms with van der Waals surface area (Å²) in [5, 5.41) is 15.8. The van der Waals surface area contributed by atoms with Crippen LogP contribution >= 0.6 is 0 Å². The van der Waals surface area contributed by atoms with E-state index in [4.69, 9.17) is 0 Å². The van der Waals surface area contributed by atoms with Crippen LogP contribution in [0.25, 0.3) is 21.9 Å². The molecule has 0 spiro atoms. The Morgan fingerprint density at radius 1 is 0.949 bits per heavy atom. The minimum atomic E-state index is -0.244. The fraction of sp³-hybridized carbons (Fsp3) is 0.250. The Balaban J connectivity index is 1.48. The summed E-state index contributed by atoms with van der Waals surface area (Å²) in [5.74, 6) is -0.118. The molecule has 3 aromatic carbocycles. The lowest BCUT2D eigenvalue weighted by Crippen LogP contribution is -2.19. The number of aromatic hydroxyl groups is 1. The second-order valence-corrected chi connectivity index (χ2v) is 11.1. The summed E-state index contributed by atoms with van der Waals surface area (Å²) in [6.07, 6.45) is 15.7. The van der Waals surface area contributed by atoms with Crippen molar-refractivity contribution in [2.75, 3.05) is 5.32 Å². The number of nitrogens with one attached hydrogen (secondary N) is 1. The van der Waals surface area contributed by atoms with Gasteiger partial charge in [-0.05, 0) is 85.1 Å². The Hall–Kier alpha value is -4.11. The number of benzene rings is 3. The van der Waals surface area contributed by atoms with Gasteiger partial charge in [0.15, 0.2) is 0 Å². The first-order valence-corrected chi connectivity index (χ1v) is 13.7. The number of phenolic OH excluding ortho intramolecular Hbond substituents is 1. The van der Waals surface area contributed by atoms with Crippen molar-refractivity contribution in [2.24, 2.45) is 5.41 Å². The van der Waals surface area contributed by atoms with Crippen LogP contribution in [0, 0.1) is 5.41 Å². The number of rotatable bonds is 7. The number of anilines is 1. The monoisotopic (exact) mass is 517 g/mol. The molecule has 0 saturated carbocycles. The second-order valence-electron chi connectivity index (χ2n) is 11.1. The highest BCUT2D eigenvalue weighted by atomic mass is 16.3. The summed E-state index contributed by atoms with van der Waals surface area (Å²) in [6, 6.07) is 19.2. The zero-order valence-corrected chi connectivity index (χ0v) is 23.7. The maximum atomic E-state index is 12.9. The summed E-state index contributed by atoms with van der Waals surface area (Å²) in [5.41, 5.74) is 7.22. The molecule has 1 aliphatic rings. The number of fused-ring (bicyclic) bond motifs is 1. The Morgan fingerprint density at radius 2 is 1.69 bits per heavy atom. The van der Waals surface area contributed by atoms with Gasteiger partial charge in [-0.2, -0.15) is 0 Å². The number of carbonyl (C=O) groups is 1. The third-order valence-electron chi connectivity index (χ3n) is 7.49. The van der Waals surface area contributed by atoms with Crippen LogP contribution in [-0.2, 0) is 4.79 Å². The predicted octanol–water partition coefficient (Wildman–Crippen LogP) is 9.68. The van der Waals surface area contributed by atoms with E-state index < -0.39 is 0 Å². The first-order valence-electron chi connectivity index (χ1n) is 13.7. The molecule has 39 heavy (non-hydrogen) atoms. The largest absolute Gasteiger partial charge is 0.507 e. The van der Waals surface area contributed by atoms with Gasteiger partial charge >= 0.3 is 0 Å². The van der Waals surface area contributed by atoms with Gasteiger partial charge in [-0.3, -0.25) is 4.79 Å². The average Bonchev–Trinajstić information content (AvgIpc) is 2.88. The number of hydrogen-bond donors (Lipinski definition) is 2. The highest BCUT2D eigenvalue weighted by molar-refractivity contribution is 6.07. The lowest BCUT2D eigenvalue weighted by Gasteiger charge is -2.32. The quantitative estimate of drug-likeness (QED) is 0.242. The van der Waals surface area contributed by atoms with Gasteiger partial charge in [0.25, 0.3) is 0 Å². The molecule has 1 aliphatic carbocycles. The molecular weight excluding hydrogens is 478 g/mol. The molecule has 0 unspecified atom stereocenters. The lowest BCUT2D eigenvalue weighted by molar-refractivity contribution is -0.111. The number of carbonyl (C=O) groups excluding carboxylic acids is 1. The summed E-state index contributed by atoms with van der Waals surface area (Å²) in [4.78, 5) is 12.9. The lowest BCUT2D eigenvalue weighted by atomic mass is 9.72. The van der Waals surface area contributed by atoms with Gasteiger partial charge in [0.05, 0.1) is 5.69 Å². The van der Waals surface area contributed by atoms with Crippen LogP contribution in [0.4, 0.5) is 5.69 Å². The molecule has 0 atom stereocenters. The second kappa shape index (κ2) is 12.2. The van der Waals surface area contributed by atoms with Crippen molar-refractivity contribution in [3.8, 4) is 16.9 Å². The molecule has 3 heteroatoms. The van der Waals surface area contributed by atoms with Crippen molar-refractivity contribution < 1.29 is 9.90 Å². The van der Waals surface area contributed by atoms with Gasteiger partial charge in [-0.15, -0.1) is 0 Å². The molecule has 3 aromatic rings. The average molecular weight is 518 g/mol. The van der Waals surface area contributed by atoms with Crippen LogP contribution in [0.2, 0.25) is 0 Å².